The van der Waals surface area contributed by atoms with Gasteiger partial charge < -0.3 is 5.11 Å². The van der Waals surface area contributed by atoms with Crippen molar-refractivity contribution in [3.63, 3.8) is 0 Å². The molecule has 0 fully saturated rings. The van der Waals surface area contributed by atoms with Crippen LogP contribution >= 0.6 is 0 Å². The third-order valence-corrected chi connectivity index (χ3v) is 5.32. The molecule has 0 atom stereocenters. The van der Waals surface area contributed by atoms with E-state index in [0.29, 0.717) is 12.5 Å². The van der Waals surface area contributed by atoms with Gasteiger partial charge in [-0.25, -0.2) is 16.8 Å². The highest BCUT2D eigenvalue weighted by Crippen LogP contribution is 2.21. The second kappa shape index (κ2) is 3.72. The number of rotatable bonds is 4. The van der Waals surface area contributed by atoms with Crippen molar-refractivity contribution in [2.24, 2.45) is 0 Å². The largest absolute Gasteiger partial charge is 0.480 e. The number of carboxylic acid groups (broad SMARTS) is 1. The van der Waals surface area contributed by atoms with Crippen molar-refractivity contribution in [3.05, 3.63) is 0 Å². The highest BCUT2D eigenvalue weighted by atomic mass is 32.3. The second-order valence-electron chi connectivity index (χ2n) is 3.59. The smallest absolute Gasteiger partial charge is 0.325 e. The highest BCUT2D eigenvalue weighted by molar-refractivity contribution is 8.03. The number of sulfonamides is 2. The first-order chi connectivity index (χ1) is 6.31. The van der Waals surface area contributed by atoms with Crippen molar-refractivity contribution >= 4 is 26.0 Å². The Morgan fingerprint density at radius 2 is 1.33 bits per heavy atom. The molecular formula is C6H13NO6S2. The molecule has 0 aliphatic carbocycles. The van der Waals surface area contributed by atoms with Crippen molar-refractivity contribution in [1.29, 1.82) is 0 Å². The summed E-state index contributed by atoms with van der Waals surface area (Å²) in [5, 5.41) is 8.77. The van der Waals surface area contributed by atoms with Crippen LogP contribution in [-0.4, -0.2) is 49.7 Å². The van der Waals surface area contributed by atoms with Crippen LogP contribution in [0.15, 0.2) is 0 Å². The quantitative estimate of drug-likeness (QED) is 0.698. The molecule has 0 aromatic rings. The summed E-state index contributed by atoms with van der Waals surface area (Å²) in [5.74, 6) is -1.54. The molecule has 0 saturated carbocycles. The molecule has 0 aromatic heterocycles. The summed E-state index contributed by atoms with van der Waals surface area (Å²) in [6.07, 6.45) is 1.28. The summed E-state index contributed by atoms with van der Waals surface area (Å²) in [7, 11) is -8.32. The predicted octanol–water partition coefficient (Wildman–Crippen LogP) is -0.929. The molecule has 1 N–H and O–H groups in total. The molecule has 0 amide bonds. The molecule has 7 nitrogen and oxygen atoms in total. The van der Waals surface area contributed by atoms with Gasteiger partial charge in [-0.05, 0) is 13.8 Å². The molecule has 0 spiro atoms. The molecule has 0 heterocycles. The second-order valence-corrected chi connectivity index (χ2v) is 7.48. The van der Waals surface area contributed by atoms with E-state index in [1.54, 1.807) is 0 Å². The molecule has 0 saturated heterocycles. The molecule has 0 radical (unpaired) electrons. The van der Waals surface area contributed by atoms with Gasteiger partial charge in [-0.2, -0.15) is 0 Å². The molecule has 0 bridgehead atoms. The fraction of sp³-hybridized carbons (Fsp3) is 0.833. The van der Waals surface area contributed by atoms with Gasteiger partial charge in [-0.15, -0.1) is 0 Å². The van der Waals surface area contributed by atoms with Crippen LogP contribution in [0.25, 0.3) is 0 Å². The normalized spacial score (nSPS) is 14.2. The fourth-order valence-electron chi connectivity index (χ4n) is 1.15. The average Bonchev–Trinajstić information content (AvgIpc) is 1.76. The third kappa shape index (κ3) is 3.14. The maximum absolute atomic E-state index is 11.2. The van der Waals surface area contributed by atoms with Gasteiger partial charge in [0.25, 0.3) is 0 Å². The maximum atomic E-state index is 11.2. The lowest BCUT2D eigenvalue weighted by Crippen LogP contribution is -2.54. The number of hydrogen-bond donors (Lipinski definition) is 1. The van der Waals surface area contributed by atoms with Crippen LogP contribution in [0.1, 0.15) is 13.8 Å². The molecular weight excluding hydrogens is 246 g/mol. The van der Waals surface area contributed by atoms with Crippen molar-refractivity contribution in [1.82, 2.24) is 3.71 Å². The molecule has 0 aromatic carbocycles. The van der Waals surface area contributed by atoms with E-state index in [1.165, 1.54) is 0 Å². The van der Waals surface area contributed by atoms with Crippen LogP contribution in [0.5, 0.6) is 0 Å². The highest BCUT2D eigenvalue weighted by Gasteiger charge is 2.46. The number of nitrogens with zero attached hydrogens (tertiary/aromatic N) is 1. The number of carbonyl (C=O) groups is 1. The minimum atomic E-state index is -4.16. The Hall–Kier alpha value is -0.670. The van der Waals surface area contributed by atoms with Gasteiger partial charge in [-0.1, -0.05) is 3.71 Å². The first kappa shape index (κ1) is 14.3. The summed E-state index contributed by atoms with van der Waals surface area (Å²) in [5.41, 5.74) is -2.04. The van der Waals surface area contributed by atoms with Gasteiger partial charge in [0, 0.05) is 0 Å². The van der Waals surface area contributed by atoms with Gasteiger partial charge in [-0.3, -0.25) is 4.79 Å². The Kier molecular flexibility index (Phi) is 3.56. The first-order valence-electron chi connectivity index (χ1n) is 3.75. The molecule has 0 aliphatic heterocycles. The van der Waals surface area contributed by atoms with Gasteiger partial charge >= 0.3 is 5.97 Å². The predicted molar refractivity (Wildman–Crippen MR) is 53.2 cm³/mol. The topological polar surface area (TPSA) is 109 Å². The van der Waals surface area contributed by atoms with E-state index in [-0.39, 0.29) is 3.71 Å². The number of carboxylic acids is 1. The standard InChI is InChI=1S/C6H13NO6S2/c1-6(2,5(8)9)7(14(3,10)11)15(4,12)13/h1-4H3,(H,8,9). The number of hydrogen-bond acceptors (Lipinski definition) is 5. The van der Waals surface area contributed by atoms with E-state index in [0.717, 1.165) is 13.8 Å². The van der Waals surface area contributed by atoms with Crippen molar-refractivity contribution < 1.29 is 26.7 Å². The van der Waals surface area contributed by atoms with Crippen LogP contribution in [0.2, 0.25) is 0 Å². The van der Waals surface area contributed by atoms with E-state index < -0.39 is 31.6 Å². The van der Waals surface area contributed by atoms with E-state index >= 15 is 0 Å². The zero-order valence-corrected chi connectivity index (χ0v) is 10.4. The molecule has 0 rings (SSSR count). The summed E-state index contributed by atoms with van der Waals surface area (Å²) in [4.78, 5) is 10.8. The van der Waals surface area contributed by atoms with Gasteiger partial charge in [0.15, 0.2) is 0 Å². The lowest BCUT2D eigenvalue weighted by Gasteiger charge is -2.30. The lowest BCUT2D eigenvalue weighted by atomic mass is 10.1. The Morgan fingerprint density at radius 1 is 1.07 bits per heavy atom. The third-order valence-electron chi connectivity index (χ3n) is 1.58. The van der Waals surface area contributed by atoms with Crippen LogP contribution in [0.4, 0.5) is 0 Å². The number of aliphatic carboxylic acids is 1. The Bertz CT molecular complexity index is 428. The summed E-state index contributed by atoms with van der Waals surface area (Å²) < 4.78 is 44.8. The zero-order chi connectivity index (χ0) is 12.7. The van der Waals surface area contributed by atoms with Crippen LogP contribution in [0.3, 0.4) is 0 Å². The fourth-order valence-corrected chi connectivity index (χ4v) is 4.94. The summed E-state index contributed by atoms with van der Waals surface area (Å²) in [6, 6.07) is 0. The minimum Gasteiger partial charge on any atom is -0.480 e. The van der Waals surface area contributed by atoms with Crippen molar-refractivity contribution in [2.45, 2.75) is 19.4 Å². The molecule has 90 valence electrons. The van der Waals surface area contributed by atoms with Gasteiger partial charge in [0.05, 0.1) is 12.5 Å². The van der Waals surface area contributed by atoms with E-state index in [9.17, 15) is 21.6 Å². The molecule has 15 heavy (non-hydrogen) atoms. The Labute approximate surface area is 88.8 Å². The van der Waals surface area contributed by atoms with Crippen LogP contribution in [0, 0.1) is 0 Å². The van der Waals surface area contributed by atoms with E-state index in [4.69, 9.17) is 5.11 Å². The summed E-state index contributed by atoms with van der Waals surface area (Å²) in [6.45, 7) is 1.99. The van der Waals surface area contributed by atoms with Crippen molar-refractivity contribution in [2.75, 3.05) is 12.5 Å². The zero-order valence-electron chi connectivity index (χ0n) is 8.75. The SMILES string of the molecule is CC(C)(C(=O)O)N(S(C)(=O)=O)S(C)(=O)=O. The maximum Gasteiger partial charge on any atom is 0.325 e. The van der Waals surface area contributed by atoms with Crippen LogP contribution < -0.4 is 0 Å². The molecule has 0 aliphatic rings. The van der Waals surface area contributed by atoms with Crippen molar-refractivity contribution in [3.8, 4) is 0 Å². The van der Waals surface area contributed by atoms with Gasteiger partial charge in [0.2, 0.25) is 20.0 Å². The summed E-state index contributed by atoms with van der Waals surface area (Å²) >= 11 is 0. The first-order valence-corrected chi connectivity index (χ1v) is 7.45. The Morgan fingerprint density at radius 3 is 1.40 bits per heavy atom. The monoisotopic (exact) mass is 259 g/mol. The Balaban J connectivity index is 5.88. The molecule has 0 unspecified atom stereocenters. The minimum absolute atomic E-state index is 0.0185. The van der Waals surface area contributed by atoms with Gasteiger partial charge in [0.1, 0.15) is 5.54 Å². The van der Waals surface area contributed by atoms with Crippen LogP contribution in [-0.2, 0) is 24.8 Å². The van der Waals surface area contributed by atoms with E-state index in [1.807, 2.05) is 0 Å². The molecule has 9 heteroatoms. The average molecular weight is 259 g/mol. The lowest BCUT2D eigenvalue weighted by molar-refractivity contribution is -0.144. The van der Waals surface area contributed by atoms with E-state index in [2.05, 4.69) is 0 Å².